The third kappa shape index (κ3) is 0.876. The van der Waals surface area contributed by atoms with Crippen molar-refractivity contribution in [3.05, 3.63) is 0 Å². The maximum absolute atomic E-state index is 5.84. The average molecular weight is 160 g/mol. The number of halogens is 1. The lowest BCUT2D eigenvalue weighted by Gasteiger charge is -2.37. The molecule has 2 unspecified atom stereocenters. The van der Waals surface area contributed by atoms with Gasteiger partial charge in [-0.3, -0.25) is 0 Å². The second-order valence-corrected chi connectivity index (χ2v) is 4.12. The molecule has 0 aliphatic heterocycles. The Morgan fingerprint density at radius 2 is 2.10 bits per heavy atom. The van der Waals surface area contributed by atoms with Crippen molar-refractivity contribution in [3.8, 4) is 0 Å². The molecule has 2 fully saturated rings. The van der Waals surface area contributed by atoms with E-state index in [1.807, 2.05) is 0 Å². The minimum absolute atomic E-state index is 0.512. The summed E-state index contributed by atoms with van der Waals surface area (Å²) in [5.41, 5.74) is 5.84. The van der Waals surface area contributed by atoms with Crippen molar-refractivity contribution in [2.45, 2.75) is 25.3 Å². The van der Waals surface area contributed by atoms with Gasteiger partial charge in [-0.1, -0.05) is 0 Å². The lowest BCUT2D eigenvalue weighted by molar-refractivity contribution is 0.173. The molecule has 2 N–H and O–H groups in total. The normalized spacial score (nSPS) is 52.2. The number of fused-ring (bicyclic) bond motifs is 1. The van der Waals surface area contributed by atoms with Crippen LogP contribution >= 0.6 is 11.6 Å². The van der Waals surface area contributed by atoms with Crippen molar-refractivity contribution in [1.82, 2.24) is 0 Å². The fourth-order valence-electron chi connectivity index (χ4n) is 2.53. The maximum Gasteiger partial charge on any atom is 0.0251 e. The quantitative estimate of drug-likeness (QED) is 0.578. The first kappa shape index (κ1) is 6.93. The van der Waals surface area contributed by atoms with Crippen molar-refractivity contribution in [1.29, 1.82) is 0 Å². The van der Waals surface area contributed by atoms with E-state index < -0.39 is 0 Å². The Kier molecular flexibility index (Phi) is 1.65. The Hall–Kier alpha value is 0.250. The van der Waals surface area contributed by atoms with Crippen molar-refractivity contribution >= 4 is 11.6 Å². The van der Waals surface area contributed by atoms with Gasteiger partial charge in [0, 0.05) is 11.9 Å². The van der Waals surface area contributed by atoms with Crippen LogP contribution in [-0.4, -0.2) is 11.9 Å². The smallest absolute Gasteiger partial charge is 0.0251 e. The highest BCUT2D eigenvalue weighted by molar-refractivity contribution is 6.18. The first-order chi connectivity index (χ1) is 4.81. The van der Waals surface area contributed by atoms with Crippen LogP contribution in [0.15, 0.2) is 0 Å². The van der Waals surface area contributed by atoms with Gasteiger partial charge in [-0.15, -0.1) is 11.6 Å². The summed E-state index contributed by atoms with van der Waals surface area (Å²) >= 11 is 5.77. The number of hydrogen-bond donors (Lipinski definition) is 1. The molecule has 0 aromatic rings. The van der Waals surface area contributed by atoms with Crippen LogP contribution in [0.5, 0.6) is 0 Å². The molecule has 1 nitrogen and oxygen atoms in total. The minimum Gasteiger partial charge on any atom is -0.327 e. The summed E-state index contributed by atoms with van der Waals surface area (Å²) in [5, 5.41) is 0. The largest absolute Gasteiger partial charge is 0.327 e. The first-order valence-corrected chi connectivity index (χ1v) is 4.66. The molecule has 0 radical (unpaired) electrons. The molecule has 4 atom stereocenters. The zero-order chi connectivity index (χ0) is 7.14. The average Bonchev–Trinajstić information content (AvgIpc) is 2.26. The molecule has 10 heavy (non-hydrogen) atoms. The van der Waals surface area contributed by atoms with Crippen molar-refractivity contribution in [2.24, 2.45) is 23.5 Å². The fraction of sp³-hybridized carbons (Fsp3) is 1.00. The Bertz CT molecular complexity index is 137. The van der Waals surface area contributed by atoms with E-state index in [2.05, 4.69) is 0 Å². The number of hydrogen-bond acceptors (Lipinski definition) is 1. The number of alkyl halides is 1. The fourth-order valence-corrected chi connectivity index (χ4v) is 2.78. The van der Waals surface area contributed by atoms with Gasteiger partial charge in [0.25, 0.3) is 0 Å². The zero-order valence-electron chi connectivity index (χ0n) is 6.09. The van der Waals surface area contributed by atoms with Crippen LogP contribution in [0.3, 0.4) is 0 Å². The molecule has 0 saturated heterocycles. The van der Waals surface area contributed by atoms with Crippen molar-refractivity contribution in [2.75, 3.05) is 5.88 Å². The predicted molar refractivity (Wildman–Crippen MR) is 43.0 cm³/mol. The van der Waals surface area contributed by atoms with Crippen LogP contribution in [0.25, 0.3) is 0 Å². The lowest BCUT2D eigenvalue weighted by Crippen LogP contribution is -2.44. The summed E-state index contributed by atoms with van der Waals surface area (Å²) in [5.74, 6) is 3.41. The third-order valence-corrected chi connectivity index (χ3v) is 3.63. The van der Waals surface area contributed by atoms with Gasteiger partial charge in [0.05, 0.1) is 0 Å². The molecule has 2 heteroatoms. The summed E-state index contributed by atoms with van der Waals surface area (Å²) in [6.07, 6.45) is 3.91. The van der Waals surface area contributed by atoms with E-state index in [4.69, 9.17) is 17.3 Å². The van der Waals surface area contributed by atoms with Gasteiger partial charge in [-0.2, -0.15) is 0 Å². The van der Waals surface area contributed by atoms with Crippen LogP contribution < -0.4 is 5.73 Å². The summed E-state index contributed by atoms with van der Waals surface area (Å²) in [6, 6.07) is 0.512. The Labute approximate surface area is 66.9 Å². The molecule has 2 aliphatic rings. The van der Waals surface area contributed by atoms with E-state index >= 15 is 0 Å². The van der Waals surface area contributed by atoms with E-state index in [0.29, 0.717) is 6.04 Å². The van der Waals surface area contributed by atoms with Gasteiger partial charge in [0.1, 0.15) is 0 Å². The van der Waals surface area contributed by atoms with Gasteiger partial charge < -0.3 is 5.73 Å². The Balaban J connectivity index is 1.93. The highest BCUT2D eigenvalue weighted by atomic mass is 35.5. The summed E-state index contributed by atoms with van der Waals surface area (Å²) in [6.45, 7) is 0. The van der Waals surface area contributed by atoms with Crippen LogP contribution in [0.1, 0.15) is 19.3 Å². The summed E-state index contributed by atoms with van der Waals surface area (Å²) < 4.78 is 0. The SMILES string of the molecule is NC1C[C@@H]2CC(CCl)C[C@H]12. The molecular formula is C8H14ClN. The predicted octanol–water partition coefficient (Wildman–Crippen LogP) is 1.60. The molecule has 2 rings (SSSR count). The van der Waals surface area contributed by atoms with Gasteiger partial charge in [0.2, 0.25) is 0 Å². The van der Waals surface area contributed by atoms with E-state index in [-0.39, 0.29) is 0 Å². The Morgan fingerprint density at radius 1 is 1.30 bits per heavy atom. The van der Waals surface area contributed by atoms with Gasteiger partial charge in [-0.25, -0.2) is 0 Å². The molecule has 0 bridgehead atoms. The van der Waals surface area contributed by atoms with E-state index in [1.54, 1.807) is 0 Å². The van der Waals surface area contributed by atoms with Gasteiger partial charge in [-0.05, 0) is 37.0 Å². The van der Waals surface area contributed by atoms with Crippen molar-refractivity contribution in [3.63, 3.8) is 0 Å². The standard InChI is InChI=1S/C8H14ClN/c9-4-5-1-6-3-8(10)7(6)2-5/h5-8H,1-4,10H2/t5?,6-,7-,8?/m0/s1. The zero-order valence-corrected chi connectivity index (χ0v) is 6.85. The van der Waals surface area contributed by atoms with Gasteiger partial charge in [0.15, 0.2) is 0 Å². The monoisotopic (exact) mass is 159 g/mol. The molecule has 0 aromatic carbocycles. The molecule has 0 heterocycles. The molecule has 0 spiro atoms. The first-order valence-electron chi connectivity index (χ1n) is 4.12. The van der Waals surface area contributed by atoms with Crippen molar-refractivity contribution < 1.29 is 0 Å². The minimum atomic E-state index is 0.512. The summed E-state index contributed by atoms with van der Waals surface area (Å²) in [4.78, 5) is 0. The molecule has 0 aromatic heterocycles. The maximum atomic E-state index is 5.84. The van der Waals surface area contributed by atoms with Crippen LogP contribution in [0.2, 0.25) is 0 Å². The number of nitrogens with two attached hydrogens (primary N) is 1. The van der Waals surface area contributed by atoms with Crippen LogP contribution in [-0.2, 0) is 0 Å². The van der Waals surface area contributed by atoms with E-state index in [1.165, 1.54) is 19.3 Å². The summed E-state index contributed by atoms with van der Waals surface area (Å²) in [7, 11) is 0. The topological polar surface area (TPSA) is 26.0 Å². The second kappa shape index (κ2) is 2.38. The number of rotatable bonds is 1. The Morgan fingerprint density at radius 3 is 2.60 bits per heavy atom. The molecular weight excluding hydrogens is 146 g/mol. The molecule has 2 saturated carbocycles. The van der Waals surface area contributed by atoms with Crippen LogP contribution in [0.4, 0.5) is 0 Å². The molecule has 0 amide bonds. The van der Waals surface area contributed by atoms with Crippen LogP contribution in [0, 0.1) is 17.8 Å². The molecule has 58 valence electrons. The molecule has 2 aliphatic carbocycles. The van der Waals surface area contributed by atoms with E-state index in [9.17, 15) is 0 Å². The lowest BCUT2D eigenvalue weighted by atomic mass is 9.72. The van der Waals surface area contributed by atoms with Gasteiger partial charge >= 0.3 is 0 Å². The highest BCUT2D eigenvalue weighted by Crippen LogP contribution is 2.48. The van der Waals surface area contributed by atoms with E-state index in [0.717, 1.165) is 23.6 Å². The second-order valence-electron chi connectivity index (χ2n) is 3.82. The third-order valence-electron chi connectivity index (χ3n) is 3.19. The highest BCUT2D eigenvalue weighted by Gasteiger charge is 2.45.